The summed E-state index contributed by atoms with van der Waals surface area (Å²) >= 11 is 0. The minimum absolute atomic E-state index is 0.0704. The van der Waals surface area contributed by atoms with E-state index >= 15 is 0 Å². The molecule has 0 radical (unpaired) electrons. The van der Waals surface area contributed by atoms with E-state index in [0.717, 1.165) is 18.5 Å². The highest BCUT2D eigenvalue weighted by Gasteiger charge is 2.39. The van der Waals surface area contributed by atoms with Gasteiger partial charge >= 0.3 is 5.97 Å². The van der Waals surface area contributed by atoms with Gasteiger partial charge in [-0.3, -0.25) is 14.6 Å². The smallest absolute Gasteiger partial charge is 0.306 e. The molecular weight excluding hydrogens is 244 g/mol. The third-order valence-corrected chi connectivity index (χ3v) is 3.49. The quantitative estimate of drug-likeness (QED) is 0.765. The van der Waals surface area contributed by atoms with Crippen LogP contribution in [0.25, 0.3) is 0 Å². The molecule has 1 amide bonds. The zero-order chi connectivity index (χ0) is 13.2. The van der Waals surface area contributed by atoms with Crippen molar-refractivity contribution in [3.05, 3.63) is 30.1 Å². The van der Waals surface area contributed by atoms with Gasteiger partial charge in [0, 0.05) is 25.1 Å². The van der Waals surface area contributed by atoms with Gasteiger partial charge in [0.2, 0.25) is 0 Å². The van der Waals surface area contributed by atoms with E-state index in [9.17, 15) is 9.59 Å². The van der Waals surface area contributed by atoms with Crippen LogP contribution in [0, 0.1) is 0 Å². The fourth-order valence-corrected chi connectivity index (χ4v) is 2.32. The van der Waals surface area contributed by atoms with Gasteiger partial charge in [-0.1, -0.05) is 6.07 Å². The number of hydrogen-bond donors (Lipinski definition) is 0. The maximum atomic E-state index is 12.4. The average molecular weight is 260 g/mol. The van der Waals surface area contributed by atoms with Crippen LogP contribution in [0.4, 0.5) is 0 Å². The molecule has 0 spiro atoms. The molecule has 1 aliphatic carbocycles. The standard InChI is InChI=1S/C14H16N2O3/c17-13-7-6-12(19-13)14(18)16(11-4-5-11)9-10-3-1-2-8-15-10/h1-3,8,11-12H,4-7,9H2/t12-/m1/s1. The Balaban J connectivity index is 1.70. The van der Waals surface area contributed by atoms with Crippen molar-refractivity contribution in [1.82, 2.24) is 9.88 Å². The molecule has 5 heteroatoms. The van der Waals surface area contributed by atoms with Gasteiger partial charge < -0.3 is 9.64 Å². The number of amides is 1. The van der Waals surface area contributed by atoms with Crippen LogP contribution < -0.4 is 0 Å². The molecule has 0 unspecified atom stereocenters. The Morgan fingerprint density at radius 2 is 2.21 bits per heavy atom. The minimum atomic E-state index is -0.586. The van der Waals surface area contributed by atoms with Gasteiger partial charge in [-0.2, -0.15) is 0 Å². The first-order valence-corrected chi connectivity index (χ1v) is 6.64. The van der Waals surface area contributed by atoms with Crippen LogP contribution in [0.3, 0.4) is 0 Å². The number of hydrogen-bond acceptors (Lipinski definition) is 4. The second-order valence-corrected chi connectivity index (χ2v) is 5.04. The summed E-state index contributed by atoms with van der Waals surface area (Å²) in [4.78, 5) is 29.6. The highest BCUT2D eigenvalue weighted by atomic mass is 16.6. The molecule has 0 N–H and O–H groups in total. The summed E-state index contributed by atoms with van der Waals surface area (Å²) in [5, 5.41) is 0. The van der Waals surface area contributed by atoms with E-state index in [-0.39, 0.29) is 17.9 Å². The fraction of sp³-hybridized carbons (Fsp3) is 0.500. The molecule has 0 aromatic carbocycles. The van der Waals surface area contributed by atoms with E-state index in [2.05, 4.69) is 4.98 Å². The van der Waals surface area contributed by atoms with Crippen molar-refractivity contribution in [2.24, 2.45) is 0 Å². The molecule has 100 valence electrons. The molecule has 3 rings (SSSR count). The minimum Gasteiger partial charge on any atom is -0.452 e. The molecule has 2 fully saturated rings. The maximum absolute atomic E-state index is 12.4. The van der Waals surface area contributed by atoms with Gasteiger partial charge in [0.1, 0.15) is 0 Å². The van der Waals surface area contributed by atoms with Crippen molar-refractivity contribution in [3.63, 3.8) is 0 Å². The predicted molar refractivity (Wildman–Crippen MR) is 66.9 cm³/mol. The maximum Gasteiger partial charge on any atom is 0.306 e. The van der Waals surface area contributed by atoms with Crippen molar-refractivity contribution in [2.45, 2.75) is 44.4 Å². The predicted octanol–water partition coefficient (Wildman–Crippen LogP) is 1.28. The van der Waals surface area contributed by atoms with Gasteiger partial charge in [-0.25, -0.2) is 0 Å². The second-order valence-electron chi connectivity index (χ2n) is 5.04. The summed E-state index contributed by atoms with van der Waals surface area (Å²) in [6.45, 7) is 0.498. The number of carbonyl (C=O) groups excluding carboxylic acids is 2. The second kappa shape index (κ2) is 4.99. The summed E-state index contributed by atoms with van der Waals surface area (Å²) in [5.74, 6) is -0.342. The van der Waals surface area contributed by atoms with Crippen LogP contribution >= 0.6 is 0 Å². The third-order valence-electron chi connectivity index (χ3n) is 3.49. The number of nitrogens with zero attached hydrogens (tertiary/aromatic N) is 2. The van der Waals surface area contributed by atoms with E-state index in [1.165, 1.54) is 0 Å². The lowest BCUT2D eigenvalue weighted by molar-refractivity contribution is -0.153. The van der Waals surface area contributed by atoms with Crippen molar-refractivity contribution in [2.75, 3.05) is 0 Å². The highest BCUT2D eigenvalue weighted by molar-refractivity contribution is 5.86. The fourth-order valence-electron chi connectivity index (χ4n) is 2.32. The van der Waals surface area contributed by atoms with Gasteiger partial charge in [-0.05, 0) is 25.0 Å². The lowest BCUT2D eigenvalue weighted by Crippen LogP contribution is -2.40. The van der Waals surface area contributed by atoms with Gasteiger partial charge in [0.25, 0.3) is 5.91 Å². The van der Waals surface area contributed by atoms with Crippen LogP contribution in [-0.4, -0.2) is 33.9 Å². The Kier molecular flexibility index (Phi) is 3.19. The summed E-state index contributed by atoms with van der Waals surface area (Å²) in [5.41, 5.74) is 0.868. The Morgan fingerprint density at radius 1 is 1.37 bits per heavy atom. The van der Waals surface area contributed by atoms with Crippen molar-refractivity contribution >= 4 is 11.9 Å². The summed E-state index contributed by atoms with van der Waals surface area (Å²) < 4.78 is 5.07. The van der Waals surface area contributed by atoms with Gasteiger partial charge in [-0.15, -0.1) is 0 Å². The van der Waals surface area contributed by atoms with Crippen LogP contribution in [0.5, 0.6) is 0 Å². The van der Waals surface area contributed by atoms with Crippen LogP contribution in [-0.2, 0) is 20.9 Å². The Bertz CT molecular complexity index is 485. The van der Waals surface area contributed by atoms with E-state index in [1.54, 1.807) is 6.20 Å². The first kappa shape index (κ1) is 12.1. The number of aromatic nitrogens is 1. The highest BCUT2D eigenvalue weighted by Crippen LogP contribution is 2.30. The zero-order valence-electron chi connectivity index (χ0n) is 10.6. The topological polar surface area (TPSA) is 59.5 Å². The van der Waals surface area contributed by atoms with Gasteiger partial charge in [0.05, 0.1) is 12.2 Å². The van der Waals surface area contributed by atoms with E-state index < -0.39 is 6.10 Å². The van der Waals surface area contributed by atoms with Crippen LogP contribution in [0.15, 0.2) is 24.4 Å². The first-order valence-electron chi connectivity index (χ1n) is 6.64. The zero-order valence-corrected chi connectivity index (χ0v) is 10.6. The number of esters is 1. The molecule has 1 aromatic rings. The number of rotatable bonds is 4. The molecule has 1 saturated carbocycles. The largest absolute Gasteiger partial charge is 0.452 e. The molecule has 19 heavy (non-hydrogen) atoms. The molecule has 2 heterocycles. The van der Waals surface area contributed by atoms with Crippen molar-refractivity contribution in [1.29, 1.82) is 0 Å². The number of pyridine rings is 1. The molecule has 5 nitrogen and oxygen atoms in total. The SMILES string of the molecule is O=C1CC[C@H](C(=O)N(Cc2ccccn2)C2CC2)O1. The average Bonchev–Trinajstić information content (AvgIpc) is 3.18. The molecule has 2 aliphatic rings. The monoisotopic (exact) mass is 260 g/mol. The van der Waals surface area contributed by atoms with E-state index in [1.807, 2.05) is 23.1 Å². The van der Waals surface area contributed by atoms with Crippen molar-refractivity contribution in [3.8, 4) is 0 Å². The molecule has 1 atom stereocenters. The Hall–Kier alpha value is -1.91. The lowest BCUT2D eigenvalue weighted by atomic mass is 10.2. The summed E-state index contributed by atoms with van der Waals surface area (Å²) in [6.07, 6.45) is 4.04. The Morgan fingerprint density at radius 3 is 2.79 bits per heavy atom. The third kappa shape index (κ3) is 2.75. The van der Waals surface area contributed by atoms with E-state index in [4.69, 9.17) is 4.74 Å². The van der Waals surface area contributed by atoms with Crippen molar-refractivity contribution < 1.29 is 14.3 Å². The normalized spacial score (nSPS) is 22.1. The van der Waals surface area contributed by atoms with Crippen LogP contribution in [0.2, 0.25) is 0 Å². The van der Waals surface area contributed by atoms with Crippen LogP contribution in [0.1, 0.15) is 31.4 Å². The van der Waals surface area contributed by atoms with Gasteiger partial charge in [0.15, 0.2) is 6.10 Å². The molecule has 1 saturated heterocycles. The molecule has 1 aromatic heterocycles. The lowest BCUT2D eigenvalue weighted by Gasteiger charge is -2.24. The number of carbonyl (C=O) groups is 2. The van der Waals surface area contributed by atoms with E-state index in [0.29, 0.717) is 19.4 Å². The molecular formula is C14H16N2O3. The molecule has 0 bridgehead atoms. The number of cyclic esters (lactones) is 1. The first-order chi connectivity index (χ1) is 9.24. The summed E-state index contributed by atoms with van der Waals surface area (Å²) in [7, 11) is 0. The molecule has 1 aliphatic heterocycles. The summed E-state index contributed by atoms with van der Waals surface area (Å²) in [6, 6.07) is 5.95. The Labute approximate surface area is 111 Å². The number of ether oxygens (including phenoxy) is 1.